The third kappa shape index (κ3) is 4.66. The van der Waals surface area contributed by atoms with Gasteiger partial charge in [-0.3, -0.25) is 9.40 Å². The standard InChI is InChI=1S/C19H19Cl2N3O2S2/c1-12-19(13(2)24(3)22-12)23-28(25,26)16-7-4-14(5-8-16)11-27-18-9-6-15(20)10-17(18)21/h4-10,23H,11H2,1-3H3. The molecule has 28 heavy (non-hydrogen) atoms. The zero-order valence-electron chi connectivity index (χ0n) is 15.5. The minimum Gasteiger partial charge on any atom is -0.276 e. The molecule has 0 radical (unpaired) electrons. The number of thioether (sulfide) groups is 1. The maximum absolute atomic E-state index is 12.7. The molecule has 0 aliphatic rings. The van der Waals surface area contributed by atoms with E-state index < -0.39 is 10.0 Å². The topological polar surface area (TPSA) is 64.0 Å². The Morgan fingerprint density at radius 1 is 1.11 bits per heavy atom. The van der Waals surface area contributed by atoms with Gasteiger partial charge in [-0.25, -0.2) is 8.42 Å². The van der Waals surface area contributed by atoms with Crippen LogP contribution in [0.1, 0.15) is 17.0 Å². The number of nitrogens with one attached hydrogen (secondary N) is 1. The summed E-state index contributed by atoms with van der Waals surface area (Å²) in [5.74, 6) is 0.663. The largest absolute Gasteiger partial charge is 0.276 e. The molecule has 1 aromatic heterocycles. The molecule has 1 N–H and O–H groups in total. The van der Waals surface area contributed by atoms with Gasteiger partial charge in [0.05, 0.1) is 27.0 Å². The van der Waals surface area contributed by atoms with Gasteiger partial charge in [-0.15, -0.1) is 11.8 Å². The van der Waals surface area contributed by atoms with Gasteiger partial charge in [0.15, 0.2) is 0 Å². The Balaban J connectivity index is 1.72. The SMILES string of the molecule is Cc1nn(C)c(C)c1NS(=O)(=O)c1ccc(CSc2ccc(Cl)cc2Cl)cc1. The molecule has 0 atom stereocenters. The van der Waals surface area contributed by atoms with Crippen molar-refractivity contribution in [2.75, 3.05) is 4.72 Å². The summed E-state index contributed by atoms with van der Waals surface area (Å²) < 4.78 is 29.7. The fourth-order valence-corrected chi connectivity index (χ4v) is 5.26. The van der Waals surface area contributed by atoms with Crippen LogP contribution >= 0.6 is 35.0 Å². The van der Waals surface area contributed by atoms with Crippen LogP contribution in [0.5, 0.6) is 0 Å². The van der Waals surface area contributed by atoms with Crippen molar-refractivity contribution in [3.05, 3.63) is 69.5 Å². The van der Waals surface area contributed by atoms with Crippen molar-refractivity contribution in [3.63, 3.8) is 0 Å². The molecule has 2 aromatic carbocycles. The number of benzene rings is 2. The van der Waals surface area contributed by atoms with Crippen molar-refractivity contribution in [2.45, 2.75) is 29.4 Å². The Hall–Kier alpha value is -1.67. The highest BCUT2D eigenvalue weighted by Crippen LogP contribution is 2.32. The average Bonchev–Trinajstić information content (AvgIpc) is 2.87. The second-order valence-electron chi connectivity index (χ2n) is 6.28. The van der Waals surface area contributed by atoms with Crippen LogP contribution < -0.4 is 4.72 Å². The molecule has 0 aliphatic carbocycles. The minimum absolute atomic E-state index is 0.202. The van der Waals surface area contributed by atoms with Crippen LogP contribution in [0.15, 0.2) is 52.3 Å². The van der Waals surface area contributed by atoms with Crippen molar-refractivity contribution < 1.29 is 8.42 Å². The van der Waals surface area contributed by atoms with E-state index in [1.807, 2.05) is 13.0 Å². The third-order valence-corrected chi connectivity index (χ3v) is 7.44. The molecule has 0 fully saturated rings. The van der Waals surface area contributed by atoms with Crippen LogP contribution in [-0.4, -0.2) is 18.2 Å². The van der Waals surface area contributed by atoms with Crippen LogP contribution in [0.3, 0.4) is 0 Å². The number of halogens is 2. The number of aryl methyl sites for hydroxylation is 2. The smallest absolute Gasteiger partial charge is 0.262 e. The highest BCUT2D eigenvalue weighted by molar-refractivity contribution is 7.98. The molecule has 148 valence electrons. The zero-order chi connectivity index (χ0) is 20.5. The lowest BCUT2D eigenvalue weighted by molar-refractivity contribution is 0.601. The number of rotatable bonds is 6. The minimum atomic E-state index is -3.69. The first kappa shape index (κ1) is 21.0. The summed E-state index contributed by atoms with van der Waals surface area (Å²) in [6.45, 7) is 3.59. The number of sulfonamides is 1. The summed E-state index contributed by atoms with van der Waals surface area (Å²) in [5, 5.41) is 5.43. The second-order valence-corrected chi connectivity index (χ2v) is 9.83. The van der Waals surface area contributed by atoms with Crippen molar-refractivity contribution >= 4 is 50.7 Å². The van der Waals surface area contributed by atoms with Gasteiger partial charge in [0.1, 0.15) is 0 Å². The number of hydrogen-bond donors (Lipinski definition) is 1. The quantitative estimate of drug-likeness (QED) is 0.502. The van der Waals surface area contributed by atoms with E-state index in [2.05, 4.69) is 9.82 Å². The van der Waals surface area contributed by atoms with E-state index in [1.54, 1.807) is 66.8 Å². The third-order valence-electron chi connectivity index (χ3n) is 4.27. The lowest BCUT2D eigenvalue weighted by Crippen LogP contribution is -2.14. The van der Waals surface area contributed by atoms with E-state index in [0.29, 0.717) is 27.2 Å². The van der Waals surface area contributed by atoms with Crippen molar-refractivity contribution in [1.29, 1.82) is 0 Å². The molecule has 0 saturated heterocycles. The molecule has 0 amide bonds. The molecular weight excluding hydrogens is 437 g/mol. The summed E-state index contributed by atoms with van der Waals surface area (Å²) in [6.07, 6.45) is 0. The van der Waals surface area contributed by atoms with Gasteiger partial charge in [0.2, 0.25) is 0 Å². The molecule has 1 heterocycles. The van der Waals surface area contributed by atoms with E-state index in [1.165, 1.54) is 0 Å². The molecule has 9 heteroatoms. The Morgan fingerprint density at radius 3 is 2.36 bits per heavy atom. The number of hydrogen-bond acceptors (Lipinski definition) is 4. The summed E-state index contributed by atoms with van der Waals surface area (Å²) in [5.41, 5.74) is 2.90. The maximum atomic E-state index is 12.7. The molecule has 3 rings (SSSR count). The van der Waals surface area contributed by atoms with Gasteiger partial charge in [0.25, 0.3) is 10.0 Å². The lowest BCUT2D eigenvalue weighted by atomic mass is 10.2. The van der Waals surface area contributed by atoms with Gasteiger partial charge in [-0.05, 0) is 49.7 Å². The van der Waals surface area contributed by atoms with Crippen molar-refractivity contribution in [3.8, 4) is 0 Å². The fraction of sp³-hybridized carbons (Fsp3) is 0.211. The molecule has 0 unspecified atom stereocenters. The van der Waals surface area contributed by atoms with Crippen LogP contribution in [0.4, 0.5) is 5.69 Å². The molecule has 5 nitrogen and oxygen atoms in total. The van der Waals surface area contributed by atoms with Crippen molar-refractivity contribution in [1.82, 2.24) is 9.78 Å². The predicted molar refractivity (Wildman–Crippen MR) is 116 cm³/mol. The highest BCUT2D eigenvalue weighted by atomic mass is 35.5. The second kappa shape index (κ2) is 8.37. The van der Waals surface area contributed by atoms with Crippen LogP contribution in [0, 0.1) is 13.8 Å². The zero-order valence-corrected chi connectivity index (χ0v) is 18.7. The summed E-state index contributed by atoms with van der Waals surface area (Å²) in [6, 6.07) is 12.2. The van der Waals surface area contributed by atoms with Gasteiger partial charge >= 0.3 is 0 Å². The van der Waals surface area contributed by atoms with Gasteiger partial charge < -0.3 is 0 Å². The predicted octanol–water partition coefficient (Wildman–Crippen LogP) is 5.44. The molecule has 0 aliphatic heterocycles. The first-order valence-corrected chi connectivity index (χ1v) is 11.6. The average molecular weight is 456 g/mol. The molecule has 3 aromatic rings. The highest BCUT2D eigenvalue weighted by Gasteiger charge is 2.19. The fourth-order valence-electron chi connectivity index (χ4n) is 2.63. The van der Waals surface area contributed by atoms with Crippen LogP contribution in [0.2, 0.25) is 10.0 Å². The van der Waals surface area contributed by atoms with E-state index in [-0.39, 0.29) is 4.90 Å². The number of aromatic nitrogens is 2. The van der Waals surface area contributed by atoms with E-state index in [9.17, 15) is 8.42 Å². The normalized spacial score (nSPS) is 11.6. The first-order chi connectivity index (χ1) is 13.2. The van der Waals surface area contributed by atoms with Gasteiger partial charge in [0, 0.05) is 22.7 Å². The summed E-state index contributed by atoms with van der Waals surface area (Å²) >= 11 is 13.7. The Morgan fingerprint density at radius 2 is 1.79 bits per heavy atom. The first-order valence-electron chi connectivity index (χ1n) is 8.37. The molecule has 0 saturated carbocycles. The van der Waals surface area contributed by atoms with Gasteiger partial charge in [-0.2, -0.15) is 5.10 Å². The molecular formula is C19H19Cl2N3O2S2. The maximum Gasteiger partial charge on any atom is 0.262 e. The summed E-state index contributed by atoms with van der Waals surface area (Å²) in [7, 11) is -1.91. The summed E-state index contributed by atoms with van der Waals surface area (Å²) in [4.78, 5) is 1.13. The molecule has 0 bridgehead atoms. The van der Waals surface area contributed by atoms with Crippen molar-refractivity contribution in [2.24, 2.45) is 7.05 Å². The molecule has 0 spiro atoms. The van der Waals surface area contributed by atoms with Gasteiger partial charge in [-0.1, -0.05) is 35.3 Å². The monoisotopic (exact) mass is 455 g/mol. The number of nitrogens with zero attached hydrogens (tertiary/aromatic N) is 2. The van der Waals surface area contributed by atoms with Crippen LogP contribution in [-0.2, 0) is 22.8 Å². The Kier molecular flexibility index (Phi) is 6.29. The lowest BCUT2D eigenvalue weighted by Gasteiger charge is -2.10. The van der Waals surface area contributed by atoms with Crippen LogP contribution in [0.25, 0.3) is 0 Å². The number of anilines is 1. The van der Waals surface area contributed by atoms with E-state index in [0.717, 1.165) is 16.2 Å². The Labute approximate surface area is 179 Å². The van der Waals surface area contributed by atoms with E-state index in [4.69, 9.17) is 23.2 Å². The van der Waals surface area contributed by atoms with E-state index >= 15 is 0 Å². The Bertz CT molecular complexity index is 1110.